The molecule has 4 heteroatoms. The van der Waals surface area contributed by atoms with E-state index < -0.39 is 12.6 Å². The second-order valence-electron chi connectivity index (χ2n) is 7.40. The van der Waals surface area contributed by atoms with Gasteiger partial charge in [0.2, 0.25) is 0 Å². The molecule has 0 bridgehead atoms. The first-order valence-corrected chi connectivity index (χ1v) is 10.1. The van der Waals surface area contributed by atoms with Crippen LogP contribution in [0.25, 0.3) is 5.57 Å². The summed E-state index contributed by atoms with van der Waals surface area (Å²) in [6, 6.07) is 8.51. The van der Waals surface area contributed by atoms with E-state index in [1.165, 1.54) is 0 Å². The van der Waals surface area contributed by atoms with Gasteiger partial charge < -0.3 is 0 Å². The molecule has 148 valence electrons. The molecule has 1 nitrogen and oxygen atoms in total. The van der Waals surface area contributed by atoms with Crippen LogP contribution in [0.1, 0.15) is 76.7 Å². The van der Waals surface area contributed by atoms with Crippen molar-refractivity contribution in [3.05, 3.63) is 47.2 Å². The molecule has 0 N–H and O–H groups in total. The van der Waals surface area contributed by atoms with Crippen LogP contribution in [0.4, 0.5) is 13.2 Å². The Bertz CT molecular complexity index is 661. The number of alkyl halides is 3. The number of carbonyl (C=O) groups excluding carboxylic acids is 1. The zero-order valence-electron chi connectivity index (χ0n) is 16.1. The molecular weight excluding hydrogens is 349 g/mol. The lowest BCUT2D eigenvalue weighted by atomic mass is 9.91. The van der Waals surface area contributed by atoms with Gasteiger partial charge in [-0.3, -0.25) is 4.79 Å². The molecule has 27 heavy (non-hydrogen) atoms. The van der Waals surface area contributed by atoms with Crippen molar-refractivity contribution >= 4 is 11.4 Å². The molecule has 1 aromatic carbocycles. The number of carbonyl (C=O) groups is 1. The average Bonchev–Trinajstić information content (AvgIpc) is 3.17. The highest BCUT2D eigenvalue weighted by Gasteiger charge is 2.30. The largest absolute Gasteiger partial charge is 0.393 e. The van der Waals surface area contributed by atoms with E-state index in [0.717, 1.165) is 51.4 Å². The summed E-state index contributed by atoms with van der Waals surface area (Å²) < 4.78 is 39.4. The Morgan fingerprint density at radius 2 is 1.74 bits per heavy atom. The number of rotatable bonds is 9. The summed E-state index contributed by atoms with van der Waals surface area (Å²) in [7, 11) is 0. The zero-order chi connectivity index (χ0) is 19.7. The minimum Gasteiger partial charge on any atom is -0.294 e. The topological polar surface area (TPSA) is 17.1 Å². The van der Waals surface area contributed by atoms with Crippen LogP contribution < -0.4 is 0 Å². The highest BCUT2D eigenvalue weighted by atomic mass is 19.4. The van der Waals surface area contributed by atoms with Gasteiger partial charge in [-0.15, -0.1) is 5.73 Å². The molecule has 1 saturated carbocycles. The van der Waals surface area contributed by atoms with E-state index in [1.54, 1.807) is 30.3 Å². The van der Waals surface area contributed by atoms with Crippen LogP contribution >= 0.6 is 0 Å². The number of halogens is 3. The van der Waals surface area contributed by atoms with Crippen LogP contribution in [0.3, 0.4) is 0 Å². The lowest BCUT2D eigenvalue weighted by Crippen LogP contribution is -2.14. The van der Waals surface area contributed by atoms with E-state index in [4.69, 9.17) is 0 Å². The molecule has 1 fully saturated rings. The van der Waals surface area contributed by atoms with Crippen LogP contribution in [0.2, 0.25) is 0 Å². The summed E-state index contributed by atoms with van der Waals surface area (Å²) in [5, 5.41) is 0. The summed E-state index contributed by atoms with van der Waals surface area (Å²) in [5.41, 5.74) is 3.96. The third-order valence-electron chi connectivity index (χ3n) is 5.10. The Morgan fingerprint density at radius 1 is 1.07 bits per heavy atom. The summed E-state index contributed by atoms with van der Waals surface area (Å²) in [5.74, 6) is -0.0267. The van der Waals surface area contributed by atoms with E-state index in [1.807, 2.05) is 0 Å². The van der Waals surface area contributed by atoms with E-state index in [-0.39, 0.29) is 17.3 Å². The second-order valence-corrected chi connectivity index (χ2v) is 7.40. The van der Waals surface area contributed by atoms with Crippen molar-refractivity contribution in [2.45, 2.75) is 77.3 Å². The molecular formula is C23H29F3O. The number of hydrogen-bond acceptors (Lipinski definition) is 1. The molecule has 0 aromatic heterocycles. The smallest absolute Gasteiger partial charge is 0.294 e. The van der Waals surface area contributed by atoms with E-state index >= 15 is 0 Å². The highest BCUT2D eigenvalue weighted by molar-refractivity contribution is 5.98. The van der Waals surface area contributed by atoms with Gasteiger partial charge in [0, 0.05) is 17.1 Å². The second kappa shape index (κ2) is 10.5. The zero-order valence-corrected chi connectivity index (χ0v) is 16.1. The van der Waals surface area contributed by atoms with Gasteiger partial charge in [-0.2, -0.15) is 13.2 Å². The van der Waals surface area contributed by atoms with E-state index in [9.17, 15) is 18.0 Å². The minimum atomic E-state index is -4.33. The van der Waals surface area contributed by atoms with Crippen molar-refractivity contribution in [3.63, 3.8) is 0 Å². The Morgan fingerprint density at radius 3 is 2.33 bits per heavy atom. The first-order valence-electron chi connectivity index (χ1n) is 10.1. The van der Waals surface area contributed by atoms with Gasteiger partial charge in [0.25, 0.3) is 0 Å². The fourth-order valence-corrected chi connectivity index (χ4v) is 3.65. The van der Waals surface area contributed by atoms with Crippen LogP contribution in [0, 0.1) is 5.92 Å². The number of benzene rings is 1. The molecule has 0 heterocycles. The summed E-state index contributed by atoms with van der Waals surface area (Å²) in [6.45, 7) is 2.11. The van der Waals surface area contributed by atoms with Gasteiger partial charge in [-0.25, -0.2) is 0 Å². The Balaban J connectivity index is 2.40. The molecule has 1 aromatic rings. The lowest BCUT2D eigenvalue weighted by Gasteiger charge is -2.13. The summed E-state index contributed by atoms with van der Waals surface area (Å²) >= 11 is 0. The number of unbranched alkanes of at least 4 members (excludes halogenated alkanes) is 3. The molecule has 1 aliphatic rings. The van der Waals surface area contributed by atoms with Crippen molar-refractivity contribution < 1.29 is 18.0 Å². The maximum atomic E-state index is 13.1. The molecule has 0 radical (unpaired) electrons. The first-order chi connectivity index (χ1) is 12.9. The van der Waals surface area contributed by atoms with Gasteiger partial charge in [0.1, 0.15) is 0 Å². The molecule has 0 unspecified atom stereocenters. The fourth-order valence-electron chi connectivity index (χ4n) is 3.65. The molecule has 0 amide bonds. The van der Waals surface area contributed by atoms with E-state index in [0.29, 0.717) is 17.6 Å². The van der Waals surface area contributed by atoms with Crippen molar-refractivity contribution in [3.8, 4) is 0 Å². The quantitative estimate of drug-likeness (QED) is 0.251. The van der Waals surface area contributed by atoms with Crippen molar-refractivity contribution in [1.29, 1.82) is 0 Å². The van der Waals surface area contributed by atoms with Gasteiger partial charge >= 0.3 is 6.18 Å². The number of Topliss-reactive ketones (excluding diaryl/α,β-unsaturated/α-hetero) is 1. The van der Waals surface area contributed by atoms with Gasteiger partial charge in [-0.1, -0.05) is 69.4 Å². The third kappa shape index (κ3) is 7.38. The third-order valence-corrected chi connectivity index (χ3v) is 5.10. The number of allylic oxidation sites excluding steroid dienone is 1. The summed E-state index contributed by atoms with van der Waals surface area (Å²) in [6.07, 6.45) is 2.82. The predicted octanol–water partition coefficient (Wildman–Crippen LogP) is 7.28. The number of hydrogen-bond donors (Lipinski definition) is 0. The monoisotopic (exact) mass is 378 g/mol. The normalized spacial score (nSPS) is 14.8. The van der Waals surface area contributed by atoms with Crippen LogP contribution in [0.5, 0.6) is 0 Å². The van der Waals surface area contributed by atoms with Gasteiger partial charge in [0.15, 0.2) is 5.78 Å². The molecule has 0 saturated heterocycles. The van der Waals surface area contributed by atoms with Crippen LogP contribution in [-0.4, -0.2) is 12.0 Å². The summed E-state index contributed by atoms with van der Waals surface area (Å²) in [4.78, 5) is 12.9. The van der Waals surface area contributed by atoms with E-state index in [2.05, 4.69) is 12.7 Å². The highest BCUT2D eigenvalue weighted by Crippen LogP contribution is 2.32. The number of ketones is 1. The minimum absolute atomic E-state index is 0.0135. The Labute approximate surface area is 160 Å². The maximum Gasteiger partial charge on any atom is 0.393 e. The van der Waals surface area contributed by atoms with Gasteiger partial charge in [0.05, 0.1) is 6.42 Å². The van der Waals surface area contributed by atoms with Crippen molar-refractivity contribution in [1.82, 2.24) is 0 Å². The van der Waals surface area contributed by atoms with Crippen LogP contribution in [-0.2, 0) is 4.79 Å². The average molecular weight is 378 g/mol. The Kier molecular flexibility index (Phi) is 8.37. The first kappa shape index (κ1) is 21.5. The predicted molar refractivity (Wildman–Crippen MR) is 103 cm³/mol. The molecule has 0 aliphatic heterocycles. The molecule has 0 atom stereocenters. The van der Waals surface area contributed by atoms with Crippen LogP contribution in [0.15, 0.2) is 41.6 Å². The standard InChI is InChI=1S/C23H29F3O/c1-2-3-4-6-15-20(22(27)19-13-9-10-14-19)16-21(17-23(24,25)26)18-11-7-5-8-12-18/h5,7-8,11-12,19H,2-4,6,9-10,13-15,17H2,1H3. The molecule has 2 rings (SSSR count). The van der Waals surface area contributed by atoms with Crippen molar-refractivity contribution in [2.75, 3.05) is 0 Å². The molecule has 0 spiro atoms. The molecule has 1 aliphatic carbocycles. The van der Waals surface area contributed by atoms with Crippen molar-refractivity contribution in [2.24, 2.45) is 5.92 Å². The van der Waals surface area contributed by atoms with Gasteiger partial charge in [-0.05, 0) is 31.2 Å². The maximum absolute atomic E-state index is 13.1. The Hall–Kier alpha value is -1.80. The SMILES string of the molecule is CCCCCCC(=C=C(CC(F)(F)F)c1ccccc1)C(=O)C1CCCC1. The fraction of sp³-hybridized carbons (Fsp3) is 0.565. The lowest BCUT2D eigenvalue weighted by molar-refractivity contribution is -0.123.